The number of halogens is 1. The number of amides is 1. The molecule has 2 heterocycles. The highest BCUT2D eigenvalue weighted by Gasteiger charge is 2.19. The number of fused-ring (bicyclic) bond motifs is 1. The Hall–Kier alpha value is -2.64. The zero-order valence-corrected chi connectivity index (χ0v) is 15.5. The second-order valence-electron chi connectivity index (χ2n) is 6.45. The van der Waals surface area contributed by atoms with E-state index in [4.69, 9.17) is 11.6 Å². The number of nitrogens with one attached hydrogen (secondary N) is 2. The second-order valence-corrected chi connectivity index (χ2v) is 6.89. The van der Waals surface area contributed by atoms with Crippen LogP contribution in [0.15, 0.2) is 41.3 Å². The van der Waals surface area contributed by atoms with Crippen molar-refractivity contribution in [3.05, 3.63) is 68.7 Å². The highest BCUT2D eigenvalue weighted by Crippen LogP contribution is 2.17. The minimum atomic E-state index is -0.455. The average molecular weight is 374 g/mol. The lowest BCUT2D eigenvalue weighted by Crippen LogP contribution is -2.37. The van der Waals surface area contributed by atoms with Crippen LogP contribution >= 0.6 is 11.6 Å². The Bertz CT molecular complexity index is 991. The van der Waals surface area contributed by atoms with Crippen molar-refractivity contribution in [3.63, 3.8) is 0 Å². The van der Waals surface area contributed by atoms with E-state index in [0.717, 1.165) is 11.3 Å². The lowest BCUT2D eigenvalue weighted by molar-refractivity contribution is 0.0928. The smallest absolute Gasteiger partial charge is 0.263 e. The number of benzene rings is 1. The minimum Gasteiger partial charge on any atom is -0.344 e. The maximum atomic E-state index is 12.7. The molecule has 3 aromatic rings. The molecule has 0 saturated heterocycles. The first-order chi connectivity index (χ1) is 12.3. The molecule has 0 fully saturated rings. The number of rotatable bonds is 5. The van der Waals surface area contributed by atoms with Gasteiger partial charge in [0.1, 0.15) is 11.2 Å². The summed E-state index contributed by atoms with van der Waals surface area (Å²) in [6.45, 7) is 2.40. The molecule has 2 N–H and O–H groups in total. The largest absolute Gasteiger partial charge is 0.344 e. The van der Waals surface area contributed by atoms with Crippen LogP contribution < -0.4 is 10.9 Å². The number of carbonyl (C=O) groups excluding carboxylic acids is 1. The molecule has 0 bridgehead atoms. The number of carbonyl (C=O) groups is 1. The van der Waals surface area contributed by atoms with E-state index >= 15 is 0 Å². The Kier molecular flexibility index (Phi) is 5.11. The van der Waals surface area contributed by atoms with Crippen LogP contribution in [0.4, 0.5) is 0 Å². The summed E-state index contributed by atoms with van der Waals surface area (Å²) in [4.78, 5) is 29.7. The third-order valence-corrected chi connectivity index (χ3v) is 4.22. The van der Waals surface area contributed by atoms with Gasteiger partial charge in [0.15, 0.2) is 0 Å². The molecular formula is C18H20ClN5O2. The predicted octanol–water partition coefficient (Wildman–Crippen LogP) is 2.02. The van der Waals surface area contributed by atoms with Crippen LogP contribution in [0.25, 0.3) is 5.65 Å². The lowest BCUT2D eigenvalue weighted by atomic mass is 10.1. The normalized spacial score (nSPS) is 12.5. The molecule has 1 unspecified atom stereocenters. The van der Waals surface area contributed by atoms with Gasteiger partial charge in [-0.05, 0) is 38.7 Å². The molecule has 0 spiro atoms. The van der Waals surface area contributed by atoms with Gasteiger partial charge >= 0.3 is 0 Å². The van der Waals surface area contributed by atoms with Gasteiger partial charge < -0.3 is 15.2 Å². The second kappa shape index (κ2) is 7.31. The fourth-order valence-electron chi connectivity index (χ4n) is 2.77. The molecule has 136 valence electrons. The predicted molar refractivity (Wildman–Crippen MR) is 101 cm³/mol. The van der Waals surface area contributed by atoms with Crippen molar-refractivity contribution < 1.29 is 4.79 Å². The molecule has 0 saturated carbocycles. The van der Waals surface area contributed by atoms with E-state index in [0.29, 0.717) is 17.2 Å². The molecule has 1 aromatic carbocycles. The van der Waals surface area contributed by atoms with Crippen molar-refractivity contribution in [1.82, 2.24) is 24.8 Å². The van der Waals surface area contributed by atoms with Crippen LogP contribution in [-0.2, 0) is 0 Å². The maximum Gasteiger partial charge on any atom is 0.263 e. The number of aromatic amines is 1. The van der Waals surface area contributed by atoms with Crippen molar-refractivity contribution in [2.24, 2.45) is 0 Å². The number of H-pyrrole nitrogens is 1. The van der Waals surface area contributed by atoms with E-state index in [-0.39, 0.29) is 11.6 Å². The number of hydrogen-bond donors (Lipinski definition) is 2. The zero-order valence-electron chi connectivity index (χ0n) is 14.8. The van der Waals surface area contributed by atoms with Gasteiger partial charge in [0.25, 0.3) is 11.5 Å². The Morgan fingerprint density at radius 1 is 1.35 bits per heavy atom. The molecule has 1 atom stereocenters. The highest BCUT2D eigenvalue weighted by atomic mass is 35.5. The summed E-state index contributed by atoms with van der Waals surface area (Å²) >= 11 is 5.95. The summed E-state index contributed by atoms with van der Waals surface area (Å²) in [5.41, 5.74) is 1.77. The number of hydrogen-bond acceptors (Lipinski definition) is 4. The zero-order chi connectivity index (χ0) is 18.8. The molecule has 0 aliphatic rings. The Morgan fingerprint density at radius 2 is 2.04 bits per heavy atom. The Labute approximate surface area is 155 Å². The fourth-order valence-corrected chi connectivity index (χ4v) is 2.89. The van der Waals surface area contributed by atoms with Gasteiger partial charge in [-0.15, -0.1) is 0 Å². The number of aromatic nitrogens is 3. The third-order valence-electron chi connectivity index (χ3n) is 3.97. The van der Waals surface area contributed by atoms with Crippen LogP contribution in [-0.4, -0.2) is 46.0 Å². The number of likely N-dealkylation sites (N-methyl/N-ethyl adjacent to an activating group) is 1. The standard InChI is InChI=1S/C18H20ClN5O2/c1-11-8-16-21-18(26)14(9-24(16)22-11)17(25)20-15(10-23(2)3)12-4-6-13(19)7-5-12/h4-9,15H,10H2,1-3H3,(H,20,25)(H,21,26). The van der Waals surface area contributed by atoms with Crippen molar-refractivity contribution >= 4 is 23.2 Å². The number of aryl methyl sites for hydroxylation is 1. The van der Waals surface area contributed by atoms with Crippen LogP contribution in [0.3, 0.4) is 0 Å². The highest BCUT2D eigenvalue weighted by molar-refractivity contribution is 6.30. The van der Waals surface area contributed by atoms with E-state index in [1.165, 1.54) is 10.7 Å². The summed E-state index contributed by atoms with van der Waals surface area (Å²) in [6, 6.07) is 8.73. The molecule has 7 nitrogen and oxygen atoms in total. The van der Waals surface area contributed by atoms with Gasteiger partial charge in [-0.1, -0.05) is 23.7 Å². The first-order valence-electron chi connectivity index (χ1n) is 8.14. The van der Waals surface area contributed by atoms with Crippen LogP contribution in [0.5, 0.6) is 0 Å². The van der Waals surface area contributed by atoms with Crippen LogP contribution in [0, 0.1) is 6.92 Å². The average Bonchev–Trinajstić information content (AvgIpc) is 2.92. The van der Waals surface area contributed by atoms with Crippen molar-refractivity contribution in [2.45, 2.75) is 13.0 Å². The Balaban J connectivity index is 1.91. The molecule has 2 aromatic heterocycles. The van der Waals surface area contributed by atoms with Crippen LogP contribution in [0.2, 0.25) is 5.02 Å². The molecule has 1 amide bonds. The van der Waals surface area contributed by atoms with Crippen molar-refractivity contribution in [1.29, 1.82) is 0 Å². The van der Waals surface area contributed by atoms with E-state index in [1.54, 1.807) is 18.2 Å². The summed E-state index contributed by atoms with van der Waals surface area (Å²) in [7, 11) is 3.83. The molecule has 8 heteroatoms. The van der Waals surface area contributed by atoms with Gasteiger partial charge in [-0.2, -0.15) is 5.10 Å². The van der Waals surface area contributed by atoms with E-state index in [2.05, 4.69) is 15.4 Å². The maximum absolute atomic E-state index is 12.7. The van der Waals surface area contributed by atoms with Gasteiger partial charge in [0, 0.05) is 23.8 Å². The van der Waals surface area contributed by atoms with Crippen molar-refractivity contribution in [2.75, 3.05) is 20.6 Å². The van der Waals surface area contributed by atoms with E-state index < -0.39 is 11.5 Å². The topological polar surface area (TPSA) is 82.5 Å². The first-order valence-corrected chi connectivity index (χ1v) is 8.51. The lowest BCUT2D eigenvalue weighted by Gasteiger charge is -2.23. The van der Waals surface area contributed by atoms with Crippen LogP contribution in [0.1, 0.15) is 27.7 Å². The minimum absolute atomic E-state index is 0.0123. The molecule has 3 rings (SSSR count). The van der Waals surface area contributed by atoms with E-state index in [9.17, 15) is 9.59 Å². The molecule has 0 aliphatic carbocycles. The summed E-state index contributed by atoms with van der Waals surface area (Å²) in [5.74, 6) is -0.455. The third kappa shape index (κ3) is 3.95. The fraction of sp³-hybridized carbons (Fsp3) is 0.278. The van der Waals surface area contributed by atoms with Crippen molar-refractivity contribution in [3.8, 4) is 0 Å². The van der Waals surface area contributed by atoms with Gasteiger partial charge in [0.05, 0.1) is 11.7 Å². The molecule has 26 heavy (non-hydrogen) atoms. The number of nitrogens with zero attached hydrogens (tertiary/aromatic N) is 3. The van der Waals surface area contributed by atoms with Gasteiger partial charge in [-0.3, -0.25) is 9.59 Å². The molecular weight excluding hydrogens is 354 g/mol. The Morgan fingerprint density at radius 3 is 2.69 bits per heavy atom. The van der Waals surface area contributed by atoms with Gasteiger partial charge in [-0.25, -0.2) is 4.52 Å². The monoisotopic (exact) mass is 373 g/mol. The molecule has 0 radical (unpaired) electrons. The first kappa shape index (κ1) is 18.2. The van der Waals surface area contributed by atoms with Gasteiger partial charge in [0.2, 0.25) is 0 Å². The quantitative estimate of drug-likeness (QED) is 0.716. The summed E-state index contributed by atoms with van der Waals surface area (Å²) in [6.07, 6.45) is 1.45. The summed E-state index contributed by atoms with van der Waals surface area (Å²) < 4.78 is 1.49. The summed E-state index contributed by atoms with van der Waals surface area (Å²) in [5, 5.41) is 7.79. The van der Waals surface area contributed by atoms with E-state index in [1.807, 2.05) is 38.1 Å². The SMILES string of the molecule is Cc1cc2[nH]c(=O)c(C(=O)NC(CN(C)C)c3ccc(Cl)cc3)cn2n1. The molecule has 0 aliphatic heterocycles.